The van der Waals surface area contributed by atoms with Crippen LogP contribution in [-0.4, -0.2) is 11.6 Å². The van der Waals surface area contributed by atoms with Crippen LogP contribution in [0.15, 0.2) is 23.2 Å². The van der Waals surface area contributed by atoms with Crippen molar-refractivity contribution in [2.24, 2.45) is 0 Å². The zero-order chi connectivity index (χ0) is 7.40. The lowest BCUT2D eigenvalue weighted by Gasteiger charge is -1.99. The third-order valence-electron chi connectivity index (χ3n) is 1.01. The van der Waals surface area contributed by atoms with Crippen molar-refractivity contribution in [3.8, 4) is 5.88 Å². The maximum Gasteiger partial charge on any atom is 0.213 e. The van der Waals surface area contributed by atoms with Gasteiger partial charge in [0.2, 0.25) is 5.88 Å². The molecule has 0 unspecified atom stereocenters. The van der Waals surface area contributed by atoms with Gasteiger partial charge >= 0.3 is 0 Å². The molecular weight excluding hydrogens is 146 g/mol. The number of thiol groups is 1. The summed E-state index contributed by atoms with van der Waals surface area (Å²) >= 11 is 4.08. The Labute approximate surface area is 65.6 Å². The molecule has 0 aliphatic heterocycles. The summed E-state index contributed by atoms with van der Waals surface area (Å²) in [4.78, 5) is 4.82. The molecule has 3 heteroatoms. The Morgan fingerprint density at radius 1 is 1.60 bits per heavy atom. The average molecular weight is 155 g/mol. The molecule has 1 rings (SSSR count). The quantitative estimate of drug-likeness (QED) is 0.657. The largest absolute Gasteiger partial charge is 0.478 e. The molecule has 0 aliphatic rings. The molecule has 0 bridgehead atoms. The van der Waals surface area contributed by atoms with E-state index in [1.807, 2.05) is 13.0 Å². The van der Waals surface area contributed by atoms with Crippen molar-refractivity contribution in [2.75, 3.05) is 6.61 Å². The highest BCUT2D eigenvalue weighted by Crippen LogP contribution is 2.09. The molecule has 0 spiro atoms. The number of pyridine rings is 1. The second-order valence-electron chi connectivity index (χ2n) is 1.79. The first-order chi connectivity index (χ1) is 4.83. The van der Waals surface area contributed by atoms with Gasteiger partial charge in [-0.15, -0.1) is 12.6 Å². The van der Waals surface area contributed by atoms with E-state index in [-0.39, 0.29) is 0 Å². The van der Waals surface area contributed by atoms with E-state index >= 15 is 0 Å². The Morgan fingerprint density at radius 3 is 2.90 bits per heavy atom. The van der Waals surface area contributed by atoms with Crippen molar-refractivity contribution in [2.45, 2.75) is 11.8 Å². The number of hydrogen-bond donors (Lipinski definition) is 1. The van der Waals surface area contributed by atoms with Gasteiger partial charge in [-0.05, 0) is 13.0 Å². The van der Waals surface area contributed by atoms with Crippen LogP contribution in [0.2, 0.25) is 0 Å². The molecule has 0 amide bonds. The zero-order valence-electron chi connectivity index (χ0n) is 5.74. The summed E-state index contributed by atoms with van der Waals surface area (Å²) in [7, 11) is 0. The van der Waals surface area contributed by atoms with E-state index in [4.69, 9.17) is 4.74 Å². The topological polar surface area (TPSA) is 22.1 Å². The molecular formula is C7H9NOS. The molecule has 10 heavy (non-hydrogen) atoms. The van der Waals surface area contributed by atoms with Crippen molar-refractivity contribution in [1.29, 1.82) is 0 Å². The first-order valence-corrected chi connectivity index (χ1v) is 3.55. The Hall–Kier alpha value is -0.700. The number of hydrogen-bond acceptors (Lipinski definition) is 3. The average Bonchev–Trinajstić information content (AvgIpc) is 1.95. The van der Waals surface area contributed by atoms with Crippen LogP contribution in [0.1, 0.15) is 6.92 Å². The van der Waals surface area contributed by atoms with Gasteiger partial charge in [-0.2, -0.15) is 0 Å². The predicted octanol–water partition coefficient (Wildman–Crippen LogP) is 1.77. The van der Waals surface area contributed by atoms with E-state index in [1.54, 1.807) is 12.3 Å². The molecule has 0 radical (unpaired) electrons. The van der Waals surface area contributed by atoms with Crippen molar-refractivity contribution in [1.82, 2.24) is 4.98 Å². The molecule has 0 saturated heterocycles. The third kappa shape index (κ3) is 1.92. The first-order valence-electron chi connectivity index (χ1n) is 3.10. The van der Waals surface area contributed by atoms with Crippen LogP contribution in [0.3, 0.4) is 0 Å². The van der Waals surface area contributed by atoms with Crippen molar-refractivity contribution >= 4 is 12.6 Å². The number of rotatable bonds is 2. The van der Waals surface area contributed by atoms with E-state index < -0.39 is 0 Å². The maximum atomic E-state index is 5.12. The number of aromatic nitrogens is 1. The van der Waals surface area contributed by atoms with Crippen LogP contribution in [-0.2, 0) is 0 Å². The summed E-state index contributed by atoms with van der Waals surface area (Å²) in [6, 6.07) is 3.65. The fourth-order valence-electron chi connectivity index (χ4n) is 0.606. The third-order valence-corrected chi connectivity index (χ3v) is 1.28. The highest BCUT2D eigenvalue weighted by atomic mass is 32.1. The SMILES string of the molecule is CCOc1ccc(S)cn1. The van der Waals surface area contributed by atoms with E-state index in [2.05, 4.69) is 17.6 Å². The summed E-state index contributed by atoms with van der Waals surface area (Å²) in [5, 5.41) is 0. The molecule has 1 aromatic heterocycles. The molecule has 2 nitrogen and oxygen atoms in total. The highest BCUT2D eigenvalue weighted by Gasteiger charge is 1.90. The van der Waals surface area contributed by atoms with Gasteiger partial charge in [0.05, 0.1) is 6.61 Å². The molecule has 0 saturated carbocycles. The van der Waals surface area contributed by atoms with Gasteiger partial charge in [-0.1, -0.05) is 0 Å². The summed E-state index contributed by atoms with van der Waals surface area (Å²) in [6.45, 7) is 2.58. The van der Waals surface area contributed by atoms with Crippen LogP contribution >= 0.6 is 12.6 Å². The Bertz CT molecular complexity index is 197. The van der Waals surface area contributed by atoms with Crippen LogP contribution in [0.4, 0.5) is 0 Å². The van der Waals surface area contributed by atoms with E-state index in [1.165, 1.54) is 0 Å². The minimum atomic E-state index is 0.652. The van der Waals surface area contributed by atoms with E-state index in [0.29, 0.717) is 12.5 Å². The molecule has 1 aromatic rings. The lowest BCUT2D eigenvalue weighted by molar-refractivity contribution is 0.326. The molecule has 0 aromatic carbocycles. The van der Waals surface area contributed by atoms with Gasteiger partial charge in [0, 0.05) is 17.2 Å². The van der Waals surface area contributed by atoms with Gasteiger partial charge in [0.15, 0.2) is 0 Å². The second kappa shape index (κ2) is 3.46. The molecule has 0 aliphatic carbocycles. The summed E-state index contributed by atoms with van der Waals surface area (Å²) in [6.07, 6.45) is 1.66. The van der Waals surface area contributed by atoms with Gasteiger partial charge in [0.1, 0.15) is 0 Å². The Kier molecular flexibility index (Phi) is 2.57. The zero-order valence-corrected chi connectivity index (χ0v) is 6.64. The van der Waals surface area contributed by atoms with Crippen LogP contribution < -0.4 is 4.74 Å². The van der Waals surface area contributed by atoms with Crippen LogP contribution in [0.5, 0.6) is 5.88 Å². The minimum Gasteiger partial charge on any atom is -0.478 e. The van der Waals surface area contributed by atoms with Gasteiger partial charge in [-0.3, -0.25) is 0 Å². The van der Waals surface area contributed by atoms with Crippen LogP contribution in [0, 0.1) is 0 Å². The number of ether oxygens (including phenoxy) is 1. The number of nitrogens with zero attached hydrogens (tertiary/aromatic N) is 1. The fourth-order valence-corrected chi connectivity index (χ4v) is 0.738. The highest BCUT2D eigenvalue weighted by molar-refractivity contribution is 7.80. The smallest absolute Gasteiger partial charge is 0.213 e. The maximum absolute atomic E-state index is 5.12. The van der Waals surface area contributed by atoms with E-state index in [9.17, 15) is 0 Å². The monoisotopic (exact) mass is 155 g/mol. The molecule has 54 valence electrons. The van der Waals surface area contributed by atoms with Gasteiger partial charge in [-0.25, -0.2) is 4.98 Å². The fraction of sp³-hybridized carbons (Fsp3) is 0.286. The normalized spacial score (nSPS) is 9.40. The lowest BCUT2D eigenvalue weighted by atomic mass is 10.5. The first kappa shape index (κ1) is 7.41. The summed E-state index contributed by atoms with van der Waals surface area (Å²) < 4.78 is 5.12. The summed E-state index contributed by atoms with van der Waals surface area (Å²) in [5.74, 6) is 0.653. The predicted molar refractivity (Wildman–Crippen MR) is 42.7 cm³/mol. The van der Waals surface area contributed by atoms with E-state index in [0.717, 1.165) is 4.90 Å². The van der Waals surface area contributed by atoms with Gasteiger partial charge < -0.3 is 4.74 Å². The van der Waals surface area contributed by atoms with Crippen molar-refractivity contribution in [3.63, 3.8) is 0 Å². The van der Waals surface area contributed by atoms with Crippen molar-refractivity contribution < 1.29 is 4.74 Å². The van der Waals surface area contributed by atoms with Crippen molar-refractivity contribution in [3.05, 3.63) is 18.3 Å². The minimum absolute atomic E-state index is 0.652. The Morgan fingerprint density at radius 2 is 2.40 bits per heavy atom. The Balaban J connectivity index is 2.69. The van der Waals surface area contributed by atoms with Crippen LogP contribution in [0.25, 0.3) is 0 Å². The van der Waals surface area contributed by atoms with Gasteiger partial charge in [0.25, 0.3) is 0 Å². The lowest BCUT2D eigenvalue weighted by Crippen LogP contribution is -1.92. The standard InChI is InChI=1S/C7H9NOS/c1-2-9-7-4-3-6(10)5-8-7/h3-5,10H,2H2,1H3. The molecule has 0 N–H and O–H groups in total. The second-order valence-corrected chi connectivity index (χ2v) is 2.30. The molecule has 0 atom stereocenters. The molecule has 0 fully saturated rings. The summed E-state index contributed by atoms with van der Waals surface area (Å²) in [5.41, 5.74) is 0. The molecule has 1 heterocycles.